The quantitative estimate of drug-likeness (QED) is 0.725. The van der Waals surface area contributed by atoms with Crippen LogP contribution in [0.4, 0.5) is 0 Å². The summed E-state index contributed by atoms with van der Waals surface area (Å²) >= 11 is 0. The maximum absolute atomic E-state index is 11.7. The van der Waals surface area contributed by atoms with Crippen LogP contribution in [0.3, 0.4) is 0 Å². The predicted octanol–water partition coefficient (Wildman–Crippen LogP) is 0.570. The molecule has 4 nitrogen and oxygen atoms in total. The SMILES string of the molecule is CC1CC(N)CN(CC(=O)NC(C)(C)C)C1. The lowest BCUT2D eigenvalue weighted by atomic mass is 9.96. The summed E-state index contributed by atoms with van der Waals surface area (Å²) in [6, 6.07) is 0.214. The van der Waals surface area contributed by atoms with Crippen LogP contribution in [0.5, 0.6) is 0 Å². The van der Waals surface area contributed by atoms with Crippen molar-refractivity contribution in [2.75, 3.05) is 19.6 Å². The van der Waals surface area contributed by atoms with E-state index in [4.69, 9.17) is 5.73 Å². The normalized spacial score (nSPS) is 27.8. The van der Waals surface area contributed by atoms with E-state index in [9.17, 15) is 4.79 Å². The molecule has 0 aromatic rings. The van der Waals surface area contributed by atoms with E-state index in [-0.39, 0.29) is 17.5 Å². The van der Waals surface area contributed by atoms with E-state index in [1.807, 2.05) is 20.8 Å². The summed E-state index contributed by atoms with van der Waals surface area (Å²) in [5.74, 6) is 0.681. The highest BCUT2D eigenvalue weighted by Crippen LogP contribution is 2.14. The molecule has 2 unspecified atom stereocenters. The Bertz CT molecular complexity index is 237. The molecule has 0 radical (unpaired) electrons. The number of carbonyl (C=O) groups excluding carboxylic acids is 1. The molecular weight excluding hydrogens is 202 g/mol. The van der Waals surface area contributed by atoms with E-state index in [0.29, 0.717) is 12.5 Å². The first kappa shape index (κ1) is 13.5. The molecule has 0 aromatic carbocycles. The summed E-state index contributed by atoms with van der Waals surface area (Å²) in [4.78, 5) is 13.9. The van der Waals surface area contributed by atoms with Gasteiger partial charge in [0.25, 0.3) is 0 Å². The Balaban J connectivity index is 2.39. The van der Waals surface area contributed by atoms with E-state index in [1.165, 1.54) is 0 Å². The molecule has 1 rings (SSSR count). The van der Waals surface area contributed by atoms with Crippen LogP contribution < -0.4 is 11.1 Å². The lowest BCUT2D eigenvalue weighted by Gasteiger charge is -2.34. The second-order valence-electron chi connectivity index (χ2n) is 6.09. The minimum absolute atomic E-state index is 0.0915. The third kappa shape index (κ3) is 4.94. The molecule has 3 N–H and O–H groups in total. The van der Waals surface area contributed by atoms with Crippen LogP contribution in [0.1, 0.15) is 34.1 Å². The van der Waals surface area contributed by atoms with Gasteiger partial charge in [0.2, 0.25) is 5.91 Å². The van der Waals surface area contributed by atoms with Crippen molar-refractivity contribution >= 4 is 5.91 Å². The summed E-state index contributed by atoms with van der Waals surface area (Å²) in [5.41, 5.74) is 5.79. The number of rotatable bonds is 2. The molecule has 94 valence electrons. The lowest BCUT2D eigenvalue weighted by Crippen LogP contribution is -2.51. The Kier molecular flexibility index (Phi) is 4.33. The van der Waals surface area contributed by atoms with Gasteiger partial charge >= 0.3 is 0 Å². The van der Waals surface area contributed by atoms with Crippen LogP contribution in [0.25, 0.3) is 0 Å². The molecule has 0 aliphatic carbocycles. The van der Waals surface area contributed by atoms with Crippen molar-refractivity contribution in [3.8, 4) is 0 Å². The van der Waals surface area contributed by atoms with Crippen molar-refractivity contribution in [3.05, 3.63) is 0 Å². The number of likely N-dealkylation sites (tertiary alicyclic amines) is 1. The van der Waals surface area contributed by atoms with Crippen molar-refractivity contribution in [2.24, 2.45) is 11.7 Å². The fourth-order valence-electron chi connectivity index (χ4n) is 2.30. The molecule has 1 aliphatic heterocycles. The van der Waals surface area contributed by atoms with E-state index in [0.717, 1.165) is 19.5 Å². The number of piperidine rings is 1. The summed E-state index contributed by atoms with van der Waals surface area (Å²) in [6.07, 6.45) is 1.07. The van der Waals surface area contributed by atoms with E-state index >= 15 is 0 Å². The first-order chi connectivity index (χ1) is 7.26. The first-order valence-electron chi connectivity index (χ1n) is 6.05. The van der Waals surface area contributed by atoms with Crippen LogP contribution in [0.15, 0.2) is 0 Å². The van der Waals surface area contributed by atoms with Gasteiger partial charge in [-0.05, 0) is 33.1 Å². The summed E-state index contributed by atoms with van der Waals surface area (Å²) in [5, 5.41) is 2.97. The summed E-state index contributed by atoms with van der Waals surface area (Å²) in [6.45, 7) is 10.5. The van der Waals surface area contributed by atoms with Crippen LogP contribution >= 0.6 is 0 Å². The molecule has 1 fully saturated rings. The Morgan fingerprint density at radius 1 is 1.44 bits per heavy atom. The van der Waals surface area contributed by atoms with E-state index in [1.54, 1.807) is 0 Å². The maximum Gasteiger partial charge on any atom is 0.234 e. The Morgan fingerprint density at radius 2 is 2.06 bits per heavy atom. The van der Waals surface area contributed by atoms with Gasteiger partial charge in [-0.1, -0.05) is 6.92 Å². The van der Waals surface area contributed by atoms with Gasteiger partial charge in [-0.25, -0.2) is 0 Å². The van der Waals surface area contributed by atoms with Gasteiger partial charge in [0.1, 0.15) is 0 Å². The van der Waals surface area contributed by atoms with E-state index in [2.05, 4.69) is 17.1 Å². The Labute approximate surface area is 98.6 Å². The van der Waals surface area contributed by atoms with Gasteiger partial charge in [0.15, 0.2) is 0 Å². The molecule has 4 heteroatoms. The number of amides is 1. The molecule has 16 heavy (non-hydrogen) atoms. The van der Waals surface area contributed by atoms with Gasteiger partial charge in [-0.2, -0.15) is 0 Å². The Morgan fingerprint density at radius 3 is 2.56 bits per heavy atom. The molecule has 0 bridgehead atoms. The Hall–Kier alpha value is -0.610. The smallest absolute Gasteiger partial charge is 0.234 e. The molecule has 1 amide bonds. The highest BCUT2D eigenvalue weighted by atomic mass is 16.2. The lowest BCUT2D eigenvalue weighted by molar-refractivity contribution is -0.124. The molecule has 0 spiro atoms. The zero-order valence-electron chi connectivity index (χ0n) is 10.9. The second kappa shape index (κ2) is 5.15. The molecule has 0 saturated carbocycles. The third-order valence-corrected chi connectivity index (χ3v) is 2.65. The monoisotopic (exact) mass is 227 g/mol. The van der Waals surface area contributed by atoms with Crippen LogP contribution in [0, 0.1) is 5.92 Å². The molecule has 2 atom stereocenters. The highest BCUT2D eigenvalue weighted by molar-refractivity contribution is 5.78. The van der Waals surface area contributed by atoms with Gasteiger partial charge in [0, 0.05) is 24.7 Å². The molecular formula is C12H25N3O. The fraction of sp³-hybridized carbons (Fsp3) is 0.917. The number of nitrogens with one attached hydrogen (secondary N) is 1. The van der Waals surface area contributed by atoms with Crippen LogP contribution in [-0.2, 0) is 4.79 Å². The fourth-order valence-corrected chi connectivity index (χ4v) is 2.30. The van der Waals surface area contributed by atoms with Crippen molar-refractivity contribution in [1.29, 1.82) is 0 Å². The topological polar surface area (TPSA) is 58.4 Å². The van der Waals surface area contributed by atoms with Gasteiger partial charge < -0.3 is 11.1 Å². The minimum Gasteiger partial charge on any atom is -0.350 e. The summed E-state index contributed by atoms with van der Waals surface area (Å²) < 4.78 is 0. The van der Waals surface area contributed by atoms with Gasteiger partial charge in [-0.3, -0.25) is 9.69 Å². The number of nitrogens with zero attached hydrogens (tertiary/aromatic N) is 1. The molecule has 1 aliphatic rings. The van der Waals surface area contributed by atoms with Crippen molar-refractivity contribution < 1.29 is 4.79 Å². The molecule has 1 saturated heterocycles. The zero-order valence-corrected chi connectivity index (χ0v) is 10.9. The average Bonchev–Trinajstić information content (AvgIpc) is 1.96. The number of hydrogen-bond acceptors (Lipinski definition) is 3. The first-order valence-corrected chi connectivity index (χ1v) is 6.05. The van der Waals surface area contributed by atoms with Crippen LogP contribution in [-0.4, -0.2) is 42.0 Å². The predicted molar refractivity (Wildman–Crippen MR) is 66.1 cm³/mol. The third-order valence-electron chi connectivity index (χ3n) is 2.65. The average molecular weight is 227 g/mol. The van der Waals surface area contributed by atoms with Gasteiger partial charge in [0.05, 0.1) is 6.54 Å². The number of carbonyl (C=O) groups is 1. The number of nitrogens with two attached hydrogens (primary N) is 1. The molecule has 0 aromatic heterocycles. The number of hydrogen-bond donors (Lipinski definition) is 2. The zero-order chi connectivity index (χ0) is 12.3. The largest absolute Gasteiger partial charge is 0.350 e. The van der Waals surface area contributed by atoms with Crippen molar-refractivity contribution in [2.45, 2.75) is 45.7 Å². The highest BCUT2D eigenvalue weighted by Gasteiger charge is 2.24. The van der Waals surface area contributed by atoms with Gasteiger partial charge in [-0.15, -0.1) is 0 Å². The summed E-state index contributed by atoms with van der Waals surface area (Å²) in [7, 11) is 0. The standard InChI is InChI=1S/C12H25N3O/c1-9-5-10(13)7-15(6-9)8-11(16)14-12(2,3)4/h9-10H,5-8,13H2,1-4H3,(H,14,16). The van der Waals surface area contributed by atoms with Crippen molar-refractivity contribution in [3.63, 3.8) is 0 Å². The van der Waals surface area contributed by atoms with Crippen LogP contribution in [0.2, 0.25) is 0 Å². The van der Waals surface area contributed by atoms with E-state index < -0.39 is 0 Å². The maximum atomic E-state index is 11.7. The minimum atomic E-state index is -0.152. The molecule has 1 heterocycles. The second-order valence-corrected chi connectivity index (χ2v) is 6.09. The van der Waals surface area contributed by atoms with Crippen molar-refractivity contribution in [1.82, 2.24) is 10.2 Å².